The molecule has 2 N–H and O–H groups in total. The number of hydrogen-bond donors (Lipinski definition) is 2. The third kappa shape index (κ3) is 4.31. The summed E-state index contributed by atoms with van der Waals surface area (Å²) in [6.07, 6.45) is 2.01. The molecule has 1 aromatic rings. The van der Waals surface area contributed by atoms with Gasteiger partial charge in [-0.3, -0.25) is 9.59 Å². The maximum absolute atomic E-state index is 11.7. The summed E-state index contributed by atoms with van der Waals surface area (Å²) in [7, 11) is 0. The zero-order chi connectivity index (χ0) is 15.4. The molecule has 2 heterocycles. The van der Waals surface area contributed by atoms with Crippen LogP contribution in [0.1, 0.15) is 45.4 Å². The molecule has 2 rings (SSSR count). The average Bonchev–Trinajstić information content (AvgIpc) is 2.45. The molecule has 1 aliphatic heterocycles. The number of H-pyrrole nitrogens is 1. The second-order valence-corrected chi connectivity index (χ2v) is 6.01. The van der Waals surface area contributed by atoms with Crippen LogP contribution in [0.5, 0.6) is 0 Å². The largest absolute Gasteiger partial charge is 0.356 e. The Balaban J connectivity index is 1.99. The molecule has 0 unspecified atom stereocenters. The van der Waals surface area contributed by atoms with Crippen molar-refractivity contribution in [3.05, 3.63) is 22.2 Å². The molecule has 0 bridgehead atoms. The minimum Gasteiger partial charge on any atom is -0.356 e. The molecule has 6 heteroatoms. The lowest BCUT2D eigenvalue weighted by molar-refractivity contribution is -0.119. The molecule has 1 saturated heterocycles. The van der Waals surface area contributed by atoms with Gasteiger partial charge in [0.25, 0.3) is 5.56 Å². The Morgan fingerprint density at radius 3 is 2.71 bits per heavy atom. The van der Waals surface area contributed by atoms with Crippen LogP contribution in [0.4, 0.5) is 5.82 Å². The molecule has 0 aromatic carbocycles. The van der Waals surface area contributed by atoms with Crippen LogP contribution >= 0.6 is 0 Å². The van der Waals surface area contributed by atoms with E-state index in [9.17, 15) is 9.59 Å². The van der Waals surface area contributed by atoms with E-state index in [1.807, 2.05) is 13.8 Å². The van der Waals surface area contributed by atoms with Crippen molar-refractivity contribution in [3.63, 3.8) is 0 Å². The van der Waals surface area contributed by atoms with Gasteiger partial charge in [0.05, 0.1) is 0 Å². The average molecular weight is 292 g/mol. The fourth-order valence-corrected chi connectivity index (χ4v) is 2.55. The lowest BCUT2D eigenvalue weighted by atomic mass is 9.97. The third-order valence-electron chi connectivity index (χ3n) is 3.87. The van der Waals surface area contributed by atoms with Crippen molar-refractivity contribution < 1.29 is 4.79 Å². The molecule has 6 nitrogen and oxygen atoms in total. The molecular formula is C15H24N4O2. The highest BCUT2D eigenvalue weighted by Gasteiger charge is 2.21. The van der Waals surface area contributed by atoms with E-state index in [1.165, 1.54) is 0 Å². The normalized spacial score (nSPS) is 16.3. The van der Waals surface area contributed by atoms with Gasteiger partial charge in [-0.15, -0.1) is 0 Å². The molecule has 1 amide bonds. The SMILES string of the molecule is CC(=O)NCC1CCN(c2cc(=O)[nH]c(C(C)C)n2)CC1. The van der Waals surface area contributed by atoms with Gasteiger partial charge in [0.15, 0.2) is 0 Å². The van der Waals surface area contributed by atoms with Gasteiger partial charge in [-0.2, -0.15) is 0 Å². The summed E-state index contributed by atoms with van der Waals surface area (Å²) in [5, 5.41) is 2.87. The lowest BCUT2D eigenvalue weighted by Gasteiger charge is -2.33. The Morgan fingerprint density at radius 1 is 1.48 bits per heavy atom. The molecule has 0 saturated carbocycles. The van der Waals surface area contributed by atoms with E-state index in [0.717, 1.165) is 44.1 Å². The smallest absolute Gasteiger partial charge is 0.252 e. The van der Waals surface area contributed by atoms with E-state index in [-0.39, 0.29) is 17.4 Å². The summed E-state index contributed by atoms with van der Waals surface area (Å²) in [4.78, 5) is 32.2. The van der Waals surface area contributed by atoms with Crippen molar-refractivity contribution >= 4 is 11.7 Å². The summed E-state index contributed by atoms with van der Waals surface area (Å²) in [5.74, 6) is 2.24. The number of carbonyl (C=O) groups is 1. The predicted octanol–water partition coefficient (Wildman–Crippen LogP) is 1.25. The zero-order valence-corrected chi connectivity index (χ0v) is 13.0. The number of nitrogens with one attached hydrogen (secondary N) is 2. The van der Waals surface area contributed by atoms with Crippen molar-refractivity contribution in [2.45, 2.75) is 39.5 Å². The van der Waals surface area contributed by atoms with Gasteiger partial charge < -0.3 is 15.2 Å². The molecular weight excluding hydrogens is 268 g/mol. The zero-order valence-electron chi connectivity index (χ0n) is 13.0. The molecule has 1 aromatic heterocycles. The topological polar surface area (TPSA) is 78.1 Å². The van der Waals surface area contributed by atoms with E-state index in [4.69, 9.17) is 0 Å². The number of aromatic amines is 1. The first-order valence-corrected chi connectivity index (χ1v) is 7.56. The minimum atomic E-state index is -0.0935. The van der Waals surface area contributed by atoms with E-state index >= 15 is 0 Å². The van der Waals surface area contributed by atoms with Gasteiger partial charge in [0.2, 0.25) is 5.91 Å². The number of anilines is 1. The van der Waals surface area contributed by atoms with Gasteiger partial charge in [0.1, 0.15) is 11.6 Å². The van der Waals surface area contributed by atoms with Crippen LogP contribution in [0.3, 0.4) is 0 Å². The summed E-state index contributed by atoms with van der Waals surface area (Å²) in [6, 6.07) is 1.57. The Labute approximate surface area is 125 Å². The Kier molecular flexibility index (Phi) is 4.98. The molecule has 0 spiro atoms. The van der Waals surface area contributed by atoms with E-state index < -0.39 is 0 Å². The summed E-state index contributed by atoms with van der Waals surface area (Å²) < 4.78 is 0. The Bertz CT molecular complexity index is 545. The van der Waals surface area contributed by atoms with Crippen molar-refractivity contribution in [1.82, 2.24) is 15.3 Å². The molecule has 21 heavy (non-hydrogen) atoms. The number of aromatic nitrogens is 2. The van der Waals surface area contributed by atoms with Crippen LogP contribution in [0, 0.1) is 5.92 Å². The number of piperidine rings is 1. The van der Waals surface area contributed by atoms with Gasteiger partial charge in [-0.05, 0) is 18.8 Å². The standard InChI is InChI=1S/C15H24N4O2/c1-10(2)15-17-13(8-14(21)18-15)19-6-4-12(5-7-19)9-16-11(3)20/h8,10,12H,4-7,9H2,1-3H3,(H,16,20)(H,17,18,21). The number of nitrogens with zero attached hydrogens (tertiary/aromatic N) is 2. The quantitative estimate of drug-likeness (QED) is 0.875. The molecule has 0 atom stereocenters. The van der Waals surface area contributed by atoms with E-state index in [2.05, 4.69) is 20.2 Å². The monoisotopic (exact) mass is 292 g/mol. The van der Waals surface area contributed by atoms with Gasteiger partial charge in [0, 0.05) is 38.5 Å². The summed E-state index contributed by atoms with van der Waals surface area (Å²) in [5.41, 5.74) is -0.0935. The van der Waals surface area contributed by atoms with Crippen molar-refractivity contribution in [3.8, 4) is 0 Å². The first-order valence-electron chi connectivity index (χ1n) is 7.56. The summed E-state index contributed by atoms with van der Waals surface area (Å²) >= 11 is 0. The van der Waals surface area contributed by atoms with E-state index in [0.29, 0.717) is 5.92 Å². The maximum atomic E-state index is 11.7. The Morgan fingerprint density at radius 2 is 2.14 bits per heavy atom. The van der Waals surface area contributed by atoms with Crippen molar-refractivity contribution in [2.75, 3.05) is 24.5 Å². The van der Waals surface area contributed by atoms with Crippen LogP contribution in [0.2, 0.25) is 0 Å². The number of hydrogen-bond acceptors (Lipinski definition) is 4. The van der Waals surface area contributed by atoms with Crippen LogP contribution in [0.15, 0.2) is 10.9 Å². The predicted molar refractivity (Wildman–Crippen MR) is 82.6 cm³/mol. The first kappa shape index (κ1) is 15.5. The van der Waals surface area contributed by atoms with Gasteiger partial charge >= 0.3 is 0 Å². The van der Waals surface area contributed by atoms with Crippen molar-refractivity contribution in [1.29, 1.82) is 0 Å². The highest BCUT2D eigenvalue weighted by Crippen LogP contribution is 2.21. The van der Waals surface area contributed by atoms with Crippen LogP contribution in [-0.2, 0) is 4.79 Å². The maximum Gasteiger partial charge on any atom is 0.252 e. The van der Waals surface area contributed by atoms with E-state index in [1.54, 1.807) is 13.0 Å². The first-order chi connectivity index (χ1) is 9.95. The second-order valence-electron chi connectivity index (χ2n) is 6.01. The lowest BCUT2D eigenvalue weighted by Crippen LogP contribution is -2.39. The third-order valence-corrected chi connectivity index (χ3v) is 3.87. The number of carbonyl (C=O) groups excluding carboxylic acids is 1. The minimum absolute atomic E-state index is 0.0234. The molecule has 0 aliphatic carbocycles. The molecule has 0 radical (unpaired) electrons. The molecule has 116 valence electrons. The fraction of sp³-hybridized carbons (Fsp3) is 0.667. The van der Waals surface area contributed by atoms with Gasteiger partial charge in [-0.25, -0.2) is 4.98 Å². The van der Waals surface area contributed by atoms with Crippen molar-refractivity contribution in [2.24, 2.45) is 5.92 Å². The van der Waals surface area contributed by atoms with Gasteiger partial charge in [-0.1, -0.05) is 13.8 Å². The Hall–Kier alpha value is -1.85. The fourth-order valence-electron chi connectivity index (χ4n) is 2.55. The van der Waals surface area contributed by atoms with Crippen LogP contribution < -0.4 is 15.8 Å². The molecule has 1 aliphatic rings. The highest BCUT2D eigenvalue weighted by molar-refractivity contribution is 5.72. The summed E-state index contributed by atoms with van der Waals surface area (Å²) in [6.45, 7) is 8.06. The number of rotatable bonds is 4. The number of amides is 1. The highest BCUT2D eigenvalue weighted by atomic mass is 16.1. The van der Waals surface area contributed by atoms with Crippen LogP contribution in [-0.4, -0.2) is 35.5 Å². The second kappa shape index (κ2) is 6.74. The van der Waals surface area contributed by atoms with Crippen LogP contribution in [0.25, 0.3) is 0 Å². The molecule has 1 fully saturated rings.